The van der Waals surface area contributed by atoms with Gasteiger partial charge in [0, 0.05) is 19.6 Å². The van der Waals surface area contributed by atoms with Crippen LogP contribution in [0, 0.1) is 5.82 Å². The maximum Gasteiger partial charge on any atom is 0.158 e. The summed E-state index contributed by atoms with van der Waals surface area (Å²) in [5.74, 6) is 2.05. The molecule has 0 bridgehead atoms. The summed E-state index contributed by atoms with van der Waals surface area (Å²) in [6.07, 6.45) is 0. The van der Waals surface area contributed by atoms with E-state index in [-0.39, 0.29) is 12.4 Å². The number of hydrogen-bond donors (Lipinski definition) is 1. The minimum absolute atomic E-state index is 0.0829. The topological polar surface area (TPSA) is 63.4 Å². The van der Waals surface area contributed by atoms with Gasteiger partial charge in [0.2, 0.25) is 0 Å². The monoisotopic (exact) mass is 368 g/mol. The number of halogens is 1. The number of hydrogen-bond acceptors (Lipinski definition) is 5. The van der Waals surface area contributed by atoms with Crippen molar-refractivity contribution in [2.75, 3.05) is 6.54 Å². The van der Waals surface area contributed by atoms with Crippen molar-refractivity contribution in [3.05, 3.63) is 77.1 Å². The molecule has 1 N–H and O–H groups in total. The first-order valence-corrected chi connectivity index (χ1v) is 8.91. The molecule has 140 valence electrons. The van der Waals surface area contributed by atoms with Gasteiger partial charge >= 0.3 is 0 Å². The first-order chi connectivity index (χ1) is 13.2. The summed E-state index contributed by atoms with van der Waals surface area (Å²) in [6.45, 7) is 3.46. The number of aromatic nitrogens is 3. The Bertz CT molecular complexity index is 911. The maximum absolute atomic E-state index is 13.0. The van der Waals surface area contributed by atoms with Crippen molar-refractivity contribution in [3.63, 3.8) is 0 Å². The molecule has 6 nitrogen and oxygen atoms in total. The van der Waals surface area contributed by atoms with Crippen LogP contribution >= 0.6 is 0 Å². The highest BCUT2D eigenvalue weighted by atomic mass is 19.1. The Balaban J connectivity index is 1.37. The van der Waals surface area contributed by atoms with Gasteiger partial charge in [0.05, 0.1) is 6.54 Å². The average Bonchev–Trinajstić information content (AvgIpc) is 3.10. The normalized spacial score (nSPS) is 14.1. The minimum Gasteiger partial charge on any atom is -0.489 e. The van der Waals surface area contributed by atoms with Gasteiger partial charge in [0.1, 0.15) is 30.6 Å². The summed E-state index contributed by atoms with van der Waals surface area (Å²) < 4.78 is 20.8. The lowest BCUT2D eigenvalue weighted by Crippen LogP contribution is -2.34. The third-order valence-corrected chi connectivity index (χ3v) is 4.67. The fourth-order valence-corrected chi connectivity index (χ4v) is 3.26. The number of aliphatic hydroxyl groups is 1. The van der Waals surface area contributed by atoms with E-state index in [0.29, 0.717) is 19.0 Å². The number of benzene rings is 2. The fraction of sp³-hybridized carbons (Fsp3) is 0.300. The molecule has 1 aliphatic heterocycles. The van der Waals surface area contributed by atoms with Crippen LogP contribution < -0.4 is 4.74 Å². The van der Waals surface area contributed by atoms with Crippen LogP contribution in [0.5, 0.6) is 5.75 Å². The van der Waals surface area contributed by atoms with E-state index in [4.69, 9.17) is 4.74 Å². The Morgan fingerprint density at radius 1 is 1.04 bits per heavy atom. The first-order valence-electron chi connectivity index (χ1n) is 8.91. The van der Waals surface area contributed by atoms with Crippen molar-refractivity contribution >= 4 is 0 Å². The van der Waals surface area contributed by atoms with Crippen LogP contribution in [-0.4, -0.2) is 31.3 Å². The van der Waals surface area contributed by atoms with Gasteiger partial charge in [-0.05, 0) is 35.4 Å². The Morgan fingerprint density at radius 3 is 2.70 bits per heavy atom. The van der Waals surface area contributed by atoms with E-state index in [2.05, 4.69) is 21.2 Å². The third kappa shape index (κ3) is 4.15. The molecule has 2 aromatic carbocycles. The first kappa shape index (κ1) is 17.6. The highest BCUT2D eigenvalue weighted by molar-refractivity contribution is 5.29. The van der Waals surface area contributed by atoms with E-state index in [9.17, 15) is 9.50 Å². The molecule has 0 saturated carbocycles. The van der Waals surface area contributed by atoms with Crippen LogP contribution in [0.25, 0.3) is 0 Å². The summed E-state index contributed by atoms with van der Waals surface area (Å²) in [5.41, 5.74) is 2.08. The molecule has 2 heterocycles. The van der Waals surface area contributed by atoms with E-state index >= 15 is 0 Å². The third-order valence-electron chi connectivity index (χ3n) is 4.67. The van der Waals surface area contributed by atoms with Crippen LogP contribution in [0.1, 0.15) is 22.8 Å². The van der Waals surface area contributed by atoms with E-state index in [1.807, 2.05) is 22.8 Å². The standard InChI is InChI=1S/C20H21FN4O2/c21-17-6-4-15(5-7-17)14-27-18-3-1-2-16(10-18)11-24-8-9-25-19(12-24)22-23-20(25)13-26/h1-7,10,26H,8-9,11-14H2. The molecule has 1 aromatic heterocycles. The Morgan fingerprint density at radius 2 is 1.89 bits per heavy atom. The molecule has 0 saturated heterocycles. The summed E-state index contributed by atoms with van der Waals surface area (Å²) in [6, 6.07) is 14.3. The Hall–Kier alpha value is -2.77. The van der Waals surface area contributed by atoms with Crippen LogP contribution in [0.2, 0.25) is 0 Å². The van der Waals surface area contributed by atoms with Crippen molar-refractivity contribution in [1.29, 1.82) is 0 Å². The zero-order valence-corrected chi connectivity index (χ0v) is 14.9. The number of fused-ring (bicyclic) bond motifs is 1. The summed E-state index contributed by atoms with van der Waals surface area (Å²) in [4.78, 5) is 2.30. The summed E-state index contributed by atoms with van der Waals surface area (Å²) in [7, 11) is 0. The number of rotatable bonds is 6. The molecule has 7 heteroatoms. The zero-order chi connectivity index (χ0) is 18.6. The molecule has 0 aliphatic carbocycles. The molecule has 3 aromatic rings. The maximum atomic E-state index is 13.0. The van der Waals surface area contributed by atoms with E-state index in [1.54, 1.807) is 12.1 Å². The second-order valence-electron chi connectivity index (χ2n) is 6.62. The van der Waals surface area contributed by atoms with Crippen molar-refractivity contribution in [1.82, 2.24) is 19.7 Å². The lowest BCUT2D eigenvalue weighted by Gasteiger charge is -2.27. The average molecular weight is 368 g/mol. The largest absolute Gasteiger partial charge is 0.489 e. The van der Waals surface area contributed by atoms with Crippen LogP contribution in [0.15, 0.2) is 48.5 Å². The molecular weight excluding hydrogens is 347 g/mol. The lowest BCUT2D eigenvalue weighted by molar-refractivity contribution is 0.199. The number of aliphatic hydroxyl groups excluding tert-OH is 1. The summed E-state index contributed by atoms with van der Waals surface area (Å²) >= 11 is 0. The predicted octanol–water partition coefficient (Wildman–Crippen LogP) is 2.50. The van der Waals surface area contributed by atoms with Gasteiger partial charge in [-0.25, -0.2) is 4.39 Å². The lowest BCUT2D eigenvalue weighted by atomic mass is 10.2. The number of nitrogens with zero attached hydrogens (tertiary/aromatic N) is 4. The van der Waals surface area contributed by atoms with Gasteiger partial charge < -0.3 is 14.4 Å². The molecule has 0 radical (unpaired) electrons. The molecule has 0 fully saturated rings. The van der Waals surface area contributed by atoms with Crippen molar-refractivity contribution in [2.45, 2.75) is 32.8 Å². The van der Waals surface area contributed by atoms with Crippen molar-refractivity contribution < 1.29 is 14.2 Å². The zero-order valence-electron chi connectivity index (χ0n) is 14.9. The predicted molar refractivity (Wildman–Crippen MR) is 97.2 cm³/mol. The minimum atomic E-state index is -0.246. The molecule has 27 heavy (non-hydrogen) atoms. The van der Waals surface area contributed by atoms with E-state index < -0.39 is 0 Å². The van der Waals surface area contributed by atoms with E-state index in [1.165, 1.54) is 12.1 Å². The van der Waals surface area contributed by atoms with Gasteiger partial charge in [0.15, 0.2) is 5.82 Å². The second-order valence-corrected chi connectivity index (χ2v) is 6.62. The SMILES string of the molecule is OCc1nnc2n1CCN(Cc1cccc(OCc3ccc(F)cc3)c1)C2. The molecule has 1 aliphatic rings. The van der Waals surface area contributed by atoms with Gasteiger partial charge in [-0.2, -0.15) is 0 Å². The fourth-order valence-electron chi connectivity index (χ4n) is 3.26. The Labute approximate surface area is 156 Å². The van der Waals surface area contributed by atoms with Gasteiger partial charge in [0.25, 0.3) is 0 Å². The highest BCUT2D eigenvalue weighted by Crippen LogP contribution is 2.19. The van der Waals surface area contributed by atoms with Crippen LogP contribution in [-0.2, 0) is 32.8 Å². The molecule has 0 amide bonds. The quantitative estimate of drug-likeness (QED) is 0.724. The smallest absolute Gasteiger partial charge is 0.158 e. The van der Waals surface area contributed by atoms with Crippen LogP contribution in [0.4, 0.5) is 4.39 Å². The highest BCUT2D eigenvalue weighted by Gasteiger charge is 2.20. The molecule has 4 rings (SSSR count). The van der Waals surface area contributed by atoms with E-state index in [0.717, 1.165) is 42.3 Å². The molecular formula is C20H21FN4O2. The van der Waals surface area contributed by atoms with Crippen molar-refractivity contribution in [3.8, 4) is 5.75 Å². The molecule has 0 spiro atoms. The van der Waals surface area contributed by atoms with Crippen molar-refractivity contribution in [2.24, 2.45) is 0 Å². The van der Waals surface area contributed by atoms with Gasteiger partial charge in [-0.3, -0.25) is 4.90 Å². The van der Waals surface area contributed by atoms with Gasteiger partial charge in [-0.1, -0.05) is 24.3 Å². The molecule has 0 atom stereocenters. The van der Waals surface area contributed by atoms with Gasteiger partial charge in [-0.15, -0.1) is 10.2 Å². The second kappa shape index (κ2) is 7.85. The summed E-state index contributed by atoms with van der Waals surface area (Å²) in [5, 5.41) is 17.5. The van der Waals surface area contributed by atoms with Crippen LogP contribution in [0.3, 0.4) is 0 Å². The molecule has 0 unspecified atom stereocenters. The number of ether oxygens (including phenoxy) is 1. The Kier molecular flexibility index (Phi) is 5.13.